The number of hydrogen-bond acceptors (Lipinski definition) is 3. The van der Waals surface area contributed by atoms with Gasteiger partial charge in [-0.3, -0.25) is 14.6 Å². The summed E-state index contributed by atoms with van der Waals surface area (Å²) in [5, 5.41) is 3.14. The normalized spacial score (nSPS) is 34.0. The number of pyridine rings is 1. The lowest BCUT2D eigenvalue weighted by Gasteiger charge is -2.55. The Morgan fingerprint density at radius 3 is 2.23 bits per heavy atom. The molecule has 2 amide bonds. The molecule has 0 radical (unpaired) electrons. The number of rotatable bonds is 5. The van der Waals surface area contributed by atoms with Crippen LogP contribution in [0.1, 0.15) is 51.0 Å². The van der Waals surface area contributed by atoms with Crippen molar-refractivity contribution in [1.82, 2.24) is 15.2 Å². The number of nitrogens with one attached hydrogen (secondary N) is 2. The van der Waals surface area contributed by atoms with Gasteiger partial charge in [-0.1, -0.05) is 0 Å². The van der Waals surface area contributed by atoms with Crippen molar-refractivity contribution in [2.24, 2.45) is 23.2 Å². The third-order valence-corrected chi connectivity index (χ3v) is 8.22. The molecule has 1 aromatic heterocycles. The molecule has 4 saturated carbocycles. The molecule has 162 valence electrons. The minimum Gasteiger partial charge on any atom is -0.344 e. The molecule has 2 N–H and O–H groups in total. The summed E-state index contributed by atoms with van der Waals surface area (Å²) in [5.41, 5.74) is 1.10. The van der Waals surface area contributed by atoms with Gasteiger partial charge in [0.1, 0.15) is 12.6 Å². The number of nitrogens with zero attached hydrogens (tertiary/aromatic N) is 2. The van der Waals surface area contributed by atoms with E-state index in [0.717, 1.165) is 69.7 Å². The number of carbonyl (C=O) groups excluding carboxylic acids is 2. The average Bonchev–Trinajstić information content (AvgIpc) is 2.73. The van der Waals surface area contributed by atoms with Crippen LogP contribution < -0.4 is 10.2 Å². The summed E-state index contributed by atoms with van der Waals surface area (Å²) in [4.78, 5) is 33.8. The first-order chi connectivity index (χ1) is 14.5. The first-order valence-electron chi connectivity index (χ1n) is 11.8. The Morgan fingerprint density at radius 2 is 1.67 bits per heavy atom. The molecule has 1 saturated heterocycles. The highest BCUT2D eigenvalue weighted by Gasteiger charge is 2.54. The van der Waals surface area contributed by atoms with Crippen molar-refractivity contribution in [3.05, 3.63) is 30.1 Å². The Morgan fingerprint density at radius 1 is 1.10 bits per heavy atom. The molecule has 6 nitrogen and oxygen atoms in total. The van der Waals surface area contributed by atoms with E-state index in [1.54, 1.807) is 0 Å². The predicted octanol–water partition coefficient (Wildman–Crippen LogP) is 1.03. The molecule has 30 heavy (non-hydrogen) atoms. The van der Waals surface area contributed by atoms with E-state index in [4.69, 9.17) is 0 Å². The highest BCUT2D eigenvalue weighted by Crippen LogP contribution is 2.60. The van der Waals surface area contributed by atoms with Gasteiger partial charge in [0.2, 0.25) is 11.8 Å². The van der Waals surface area contributed by atoms with Gasteiger partial charge in [0.15, 0.2) is 0 Å². The van der Waals surface area contributed by atoms with E-state index in [1.165, 1.54) is 29.7 Å². The second kappa shape index (κ2) is 7.95. The molecular weight excluding hydrogens is 376 g/mol. The minimum atomic E-state index is -0.424. The molecule has 5 fully saturated rings. The summed E-state index contributed by atoms with van der Waals surface area (Å²) in [7, 11) is 0. The number of piperazine rings is 1. The van der Waals surface area contributed by atoms with Gasteiger partial charge in [-0.25, -0.2) is 0 Å². The summed E-state index contributed by atoms with van der Waals surface area (Å²) in [6.45, 7) is 6.26. The molecule has 6 rings (SSSR count). The van der Waals surface area contributed by atoms with Crippen LogP contribution in [0.5, 0.6) is 0 Å². The van der Waals surface area contributed by atoms with Gasteiger partial charge in [-0.15, -0.1) is 0 Å². The molecule has 2 heterocycles. The Hall–Kier alpha value is -1.95. The van der Waals surface area contributed by atoms with Crippen molar-refractivity contribution < 1.29 is 14.5 Å². The van der Waals surface area contributed by atoms with Crippen LogP contribution in [0.15, 0.2) is 24.5 Å². The first kappa shape index (κ1) is 20.0. The number of carbonyl (C=O) groups is 2. The molecule has 4 bridgehead atoms. The van der Waals surface area contributed by atoms with E-state index in [2.05, 4.69) is 22.4 Å². The zero-order valence-electron chi connectivity index (χ0n) is 18.1. The molecule has 0 spiro atoms. The Balaban J connectivity index is 1.13. The lowest BCUT2D eigenvalue weighted by Crippen LogP contribution is -3.13. The van der Waals surface area contributed by atoms with Crippen LogP contribution in [-0.4, -0.2) is 53.9 Å². The summed E-state index contributed by atoms with van der Waals surface area (Å²) in [6.07, 6.45) is 10.8. The van der Waals surface area contributed by atoms with Crippen molar-refractivity contribution >= 4 is 11.8 Å². The molecular formula is C24H35N4O2+. The fourth-order valence-electron chi connectivity index (χ4n) is 7.08. The first-order valence-corrected chi connectivity index (χ1v) is 11.8. The second-order valence-electron chi connectivity index (χ2n) is 10.5. The Bertz CT molecular complexity index is 752. The Labute approximate surface area is 179 Å². The number of amides is 2. The van der Waals surface area contributed by atoms with Crippen LogP contribution in [0.25, 0.3) is 0 Å². The average molecular weight is 412 g/mol. The van der Waals surface area contributed by atoms with Crippen LogP contribution in [0.3, 0.4) is 0 Å². The van der Waals surface area contributed by atoms with E-state index < -0.39 is 6.04 Å². The quantitative estimate of drug-likeness (QED) is 0.761. The van der Waals surface area contributed by atoms with Gasteiger partial charge in [-0.05, 0) is 75.3 Å². The van der Waals surface area contributed by atoms with Crippen molar-refractivity contribution in [2.75, 3.05) is 26.2 Å². The van der Waals surface area contributed by atoms with E-state index >= 15 is 0 Å². The van der Waals surface area contributed by atoms with Crippen LogP contribution in [-0.2, 0) is 16.1 Å². The van der Waals surface area contributed by atoms with Crippen molar-refractivity contribution in [3.8, 4) is 0 Å². The Kier molecular flexibility index (Phi) is 5.30. The van der Waals surface area contributed by atoms with Gasteiger partial charge >= 0.3 is 0 Å². The van der Waals surface area contributed by atoms with Crippen LogP contribution in [0.4, 0.5) is 0 Å². The monoisotopic (exact) mass is 411 g/mol. The van der Waals surface area contributed by atoms with Crippen LogP contribution >= 0.6 is 0 Å². The zero-order valence-corrected chi connectivity index (χ0v) is 18.1. The maximum absolute atomic E-state index is 13.3. The van der Waals surface area contributed by atoms with Gasteiger partial charge < -0.3 is 15.1 Å². The molecule has 4 aliphatic carbocycles. The third-order valence-electron chi connectivity index (χ3n) is 8.22. The number of hydrogen-bond donors (Lipinski definition) is 2. The second-order valence-corrected chi connectivity index (χ2v) is 10.5. The van der Waals surface area contributed by atoms with Gasteiger partial charge in [0.25, 0.3) is 0 Å². The zero-order chi connectivity index (χ0) is 20.7. The topological polar surface area (TPSA) is 66.7 Å². The van der Waals surface area contributed by atoms with Crippen LogP contribution in [0, 0.1) is 23.2 Å². The smallest absolute Gasteiger partial charge is 0.245 e. The molecule has 1 atom stereocenters. The van der Waals surface area contributed by atoms with E-state index in [1.807, 2.05) is 24.2 Å². The van der Waals surface area contributed by atoms with Gasteiger partial charge in [-0.2, -0.15) is 0 Å². The molecule has 0 unspecified atom stereocenters. The number of quaternary nitrogens is 1. The fourth-order valence-corrected chi connectivity index (χ4v) is 7.08. The largest absolute Gasteiger partial charge is 0.344 e. The fraction of sp³-hybridized carbons (Fsp3) is 0.708. The lowest BCUT2D eigenvalue weighted by molar-refractivity contribution is -0.917. The number of aromatic nitrogens is 1. The van der Waals surface area contributed by atoms with Crippen molar-refractivity contribution in [3.63, 3.8) is 0 Å². The summed E-state index contributed by atoms with van der Waals surface area (Å²) in [5.74, 6) is 2.46. The van der Waals surface area contributed by atoms with E-state index in [0.29, 0.717) is 0 Å². The van der Waals surface area contributed by atoms with Gasteiger partial charge in [0, 0.05) is 23.4 Å². The molecule has 0 aromatic carbocycles. The third kappa shape index (κ3) is 3.86. The molecule has 1 aliphatic heterocycles. The molecule has 5 aliphatic rings. The van der Waals surface area contributed by atoms with Crippen molar-refractivity contribution in [1.29, 1.82) is 0 Å². The van der Waals surface area contributed by atoms with Crippen molar-refractivity contribution in [2.45, 2.75) is 58.0 Å². The SMILES string of the molecule is C[C@H](NC(=O)C12CC3CC(CC(C3)C1)C2)C(=O)N1CC[NH+](Cc2ccncc2)CC1. The van der Waals surface area contributed by atoms with E-state index in [9.17, 15) is 9.59 Å². The van der Waals surface area contributed by atoms with Crippen LogP contribution in [0.2, 0.25) is 0 Å². The highest BCUT2D eigenvalue weighted by atomic mass is 16.2. The summed E-state index contributed by atoms with van der Waals surface area (Å²) < 4.78 is 0. The van der Waals surface area contributed by atoms with E-state index in [-0.39, 0.29) is 17.2 Å². The summed E-state index contributed by atoms with van der Waals surface area (Å²) >= 11 is 0. The minimum absolute atomic E-state index is 0.0797. The molecule has 1 aromatic rings. The molecule has 6 heteroatoms. The maximum atomic E-state index is 13.3. The summed E-state index contributed by atoms with van der Waals surface area (Å²) in [6, 6.07) is 3.70. The van der Waals surface area contributed by atoms with Gasteiger partial charge in [0.05, 0.1) is 26.2 Å². The standard InChI is InChI=1S/C24H34N4O2/c1-17(26-23(30)24-13-19-10-20(14-24)12-21(11-19)15-24)22(29)28-8-6-27(7-9-28)16-18-2-4-25-5-3-18/h2-5,17,19-21H,6-16H2,1H3,(H,26,30)/p+1/t17-,19?,20?,21?,24?/m0/s1. The predicted molar refractivity (Wildman–Crippen MR) is 113 cm³/mol. The highest BCUT2D eigenvalue weighted by molar-refractivity contribution is 5.90. The lowest BCUT2D eigenvalue weighted by atomic mass is 9.49. The maximum Gasteiger partial charge on any atom is 0.245 e.